The van der Waals surface area contributed by atoms with Crippen LogP contribution in [0.1, 0.15) is 35.7 Å². The highest BCUT2D eigenvalue weighted by Gasteiger charge is 2.25. The Morgan fingerprint density at radius 2 is 1.71 bits per heavy atom. The summed E-state index contributed by atoms with van der Waals surface area (Å²) in [6.45, 7) is 2.05. The number of rotatable bonds is 8. The lowest BCUT2D eigenvalue weighted by atomic mass is 9.95. The van der Waals surface area contributed by atoms with E-state index in [0.717, 1.165) is 22.3 Å². The van der Waals surface area contributed by atoms with Gasteiger partial charge in [-0.15, -0.1) is 0 Å². The molecule has 0 aromatic heterocycles. The first-order valence-corrected chi connectivity index (χ1v) is 9.29. The van der Waals surface area contributed by atoms with Crippen molar-refractivity contribution in [1.82, 2.24) is 0 Å². The number of methoxy groups -OCH3 is 2. The molecule has 0 spiro atoms. The molecule has 0 saturated carbocycles. The quantitative estimate of drug-likeness (QED) is 0.509. The third kappa shape index (κ3) is 3.81. The predicted molar refractivity (Wildman–Crippen MR) is 104 cm³/mol. The van der Waals surface area contributed by atoms with E-state index in [9.17, 15) is 9.59 Å². The van der Waals surface area contributed by atoms with Crippen LogP contribution in [0.3, 0.4) is 0 Å². The van der Waals surface area contributed by atoms with Crippen LogP contribution < -0.4 is 14.2 Å². The van der Waals surface area contributed by atoms with E-state index >= 15 is 0 Å². The molecule has 3 rings (SSSR count). The van der Waals surface area contributed by atoms with Gasteiger partial charge in [0.2, 0.25) is 5.75 Å². The molecular formula is C22H24O6. The number of hydrogen-bond donors (Lipinski definition) is 0. The van der Waals surface area contributed by atoms with Gasteiger partial charge in [-0.3, -0.25) is 9.59 Å². The van der Waals surface area contributed by atoms with Gasteiger partial charge in [-0.05, 0) is 29.7 Å². The Balaban J connectivity index is 1.99. The van der Waals surface area contributed by atoms with Crippen LogP contribution in [0.5, 0.6) is 17.2 Å². The van der Waals surface area contributed by atoms with E-state index in [4.69, 9.17) is 18.9 Å². The number of esters is 1. The number of ether oxygens (including phenoxy) is 4. The van der Waals surface area contributed by atoms with Gasteiger partial charge in [0, 0.05) is 24.0 Å². The van der Waals surface area contributed by atoms with E-state index in [1.54, 1.807) is 21.1 Å². The lowest BCUT2D eigenvalue weighted by Gasteiger charge is -2.19. The maximum Gasteiger partial charge on any atom is 0.305 e. The zero-order chi connectivity index (χ0) is 20.1. The first-order chi connectivity index (χ1) is 13.6. The van der Waals surface area contributed by atoms with Gasteiger partial charge in [0.05, 0.1) is 14.2 Å². The Labute approximate surface area is 164 Å². The van der Waals surface area contributed by atoms with E-state index in [2.05, 4.69) is 0 Å². The van der Waals surface area contributed by atoms with Gasteiger partial charge >= 0.3 is 5.97 Å². The van der Waals surface area contributed by atoms with Gasteiger partial charge in [-0.2, -0.15) is 0 Å². The molecule has 148 valence electrons. The Bertz CT molecular complexity index is 887. The van der Waals surface area contributed by atoms with E-state index in [-0.39, 0.29) is 25.0 Å². The lowest BCUT2D eigenvalue weighted by molar-refractivity contribution is -0.143. The van der Waals surface area contributed by atoms with Crippen LogP contribution in [0.2, 0.25) is 0 Å². The van der Waals surface area contributed by atoms with Crippen molar-refractivity contribution < 1.29 is 28.5 Å². The van der Waals surface area contributed by atoms with E-state index in [1.807, 2.05) is 30.3 Å². The number of Topliss-reactive ketones (excluding diaryl/α,β-unsaturated/α-hetero) is 1. The molecule has 28 heavy (non-hydrogen) atoms. The molecule has 2 aromatic rings. The Hall–Kier alpha value is -3.02. The number of fused-ring (bicyclic) bond motifs is 1. The first-order valence-electron chi connectivity index (χ1n) is 9.29. The van der Waals surface area contributed by atoms with Crippen molar-refractivity contribution in [2.24, 2.45) is 0 Å². The van der Waals surface area contributed by atoms with Crippen LogP contribution in [0.25, 0.3) is 11.1 Å². The zero-order valence-electron chi connectivity index (χ0n) is 16.4. The second-order valence-corrected chi connectivity index (χ2v) is 6.36. The summed E-state index contributed by atoms with van der Waals surface area (Å²) in [5, 5.41) is 0. The highest BCUT2D eigenvalue weighted by Crippen LogP contribution is 2.46. The number of carbonyl (C=O) groups excluding carboxylic acids is 2. The summed E-state index contributed by atoms with van der Waals surface area (Å²) in [7, 11) is 3.10. The van der Waals surface area contributed by atoms with Gasteiger partial charge in [-0.25, -0.2) is 0 Å². The normalized spacial score (nSPS) is 12.5. The smallest absolute Gasteiger partial charge is 0.305 e. The number of hydrogen-bond acceptors (Lipinski definition) is 6. The van der Waals surface area contributed by atoms with Crippen molar-refractivity contribution in [3.05, 3.63) is 41.5 Å². The minimum absolute atomic E-state index is 0.137. The van der Waals surface area contributed by atoms with Crippen LogP contribution in [0, 0.1) is 0 Å². The van der Waals surface area contributed by atoms with Crippen molar-refractivity contribution >= 4 is 11.8 Å². The molecule has 0 N–H and O–H groups in total. The molecule has 2 aromatic carbocycles. The molecule has 0 radical (unpaired) electrons. The second kappa shape index (κ2) is 8.78. The average molecular weight is 384 g/mol. The highest BCUT2D eigenvalue weighted by molar-refractivity contribution is 6.02. The Kier molecular flexibility index (Phi) is 6.19. The summed E-state index contributed by atoms with van der Waals surface area (Å²) < 4.78 is 22.0. The second-order valence-electron chi connectivity index (χ2n) is 6.36. The van der Waals surface area contributed by atoms with E-state index < -0.39 is 0 Å². The fourth-order valence-corrected chi connectivity index (χ4v) is 3.40. The minimum atomic E-state index is -0.277. The Morgan fingerprint density at radius 3 is 2.43 bits per heavy atom. The van der Waals surface area contributed by atoms with Gasteiger partial charge in [0.15, 0.2) is 17.3 Å². The summed E-state index contributed by atoms with van der Waals surface area (Å²) >= 11 is 0. The Morgan fingerprint density at radius 1 is 0.929 bits per heavy atom. The molecule has 6 heteroatoms. The fourth-order valence-electron chi connectivity index (χ4n) is 3.40. The molecule has 1 aliphatic rings. The largest absolute Gasteiger partial charge is 0.493 e. The molecule has 0 atom stereocenters. The summed E-state index contributed by atoms with van der Waals surface area (Å²) in [4.78, 5) is 23.5. The van der Waals surface area contributed by atoms with Gasteiger partial charge in [0.1, 0.15) is 13.2 Å². The number of benzene rings is 2. The monoisotopic (exact) mass is 384 g/mol. The third-order valence-corrected chi connectivity index (χ3v) is 4.75. The summed E-state index contributed by atoms with van der Waals surface area (Å²) in [6, 6.07) is 9.42. The zero-order valence-corrected chi connectivity index (χ0v) is 16.4. The number of carbonyl (C=O) groups is 2. The molecule has 6 nitrogen and oxygen atoms in total. The SMILES string of the molecule is CCC(=O)OCCOc1c(-c2cccc3c2CCC3=O)ccc(OC)c1OC. The average Bonchev–Trinajstić information content (AvgIpc) is 3.11. The summed E-state index contributed by atoms with van der Waals surface area (Å²) in [5.74, 6) is 1.38. The highest BCUT2D eigenvalue weighted by atomic mass is 16.6. The van der Waals surface area contributed by atoms with Crippen molar-refractivity contribution in [2.75, 3.05) is 27.4 Å². The fraction of sp³-hybridized carbons (Fsp3) is 0.364. The molecule has 0 unspecified atom stereocenters. The van der Waals surface area contributed by atoms with Crippen LogP contribution in [-0.2, 0) is 16.0 Å². The first kappa shape index (κ1) is 19.7. The van der Waals surface area contributed by atoms with Crippen molar-refractivity contribution in [2.45, 2.75) is 26.2 Å². The third-order valence-electron chi connectivity index (χ3n) is 4.75. The van der Waals surface area contributed by atoms with Crippen LogP contribution in [-0.4, -0.2) is 39.2 Å². The standard InChI is InChI=1S/C22H24O6/c1-4-20(24)27-12-13-28-21-17(9-11-19(25-2)22(21)26-3)14-6-5-7-16-15(14)8-10-18(16)23/h5-7,9,11H,4,8,10,12-13H2,1-3H3. The maximum absolute atomic E-state index is 12.1. The van der Waals surface area contributed by atoms with Crippen molar-refractivity contribution in [1.29, 1.82) is 0 Å². The van der Waals surface area contributed by atoms with Crippen LogP contribution >= 0.6 is 0 Å². The van der Waals surface area contributed by atoms with Crippen molar-refractivity contribution in [3.63, 3.8) is 0 Å². The molecule has 0 fully saturated rings. The number of ketones is 1. The minimum Gasteiger partial charge on any atom is -0.493 e. The van der Waals surface area contributed by atoms with Crippen molar-refractivity contribution in [3.8, 4) is 28.4 Å². The van der Waals surface area contributed by atoms with Gasteiger partial charge < -0.3 is 18.9 Å². The molecule has 0 saturated heterocycles. The molecule has 0 aliphatic heterocycles. The summed E-state index contributed by atoms with van der Waals surface area (Å²) in [6.07, 6.45) is 1.53. The molecule has 1 aliphatic carbocycles. The summed E-state index contributed by atoms with van der Waals surface area (Å²) in [5.41, 5.74) is 3.52. The van der Waals surface area contributed by atoms with E-state index in [0.29, 0.717) is 36.5 Å². The molecule has 0 heterocycles. The molecule has 0 amide bonds. The predicted octanol–water partition coefficient (Wildman–Crippen LogP) is 3.83. The molecular weight excluding hydrogens is 360 g/mol. The maximum atomic E-state index is 12.1. The van der Waals surface area contributed by atoms with Gasteiger partial charge in [0.25, 0.3) is 0 Å². The lowest BCUT2D eigenvalue weighted by Crippen LogP contribution is -2.12. The van der Waals surface area contributed by atoms with E-state index in [1.165, 1.54) is 0 Å². The van der Waals surface area contributed by atoms with Crippen LogP contribution in [0.15, 0.2) is 30.3 Å². The van der Waals surface area contributed by atoms with Gasteiger partial charge in [-0.1, -0.05) is 25.1 Å². The molecule has 0 bridgehead atoms. The topological polar surface area (TPSA) is 71.1 Å². The van der Waals surface area contributed by atoms with Crippen LogP contribution in [0.4, 0.5) is 0 Å².